The van der Waals surface area contributed by atoms with Crippen molar-refractivity contribution in [3.8, 4) is 11.3 Å². The molecule has 3 aromatic heterocycles. The van der Waals surface area contributed by atoms with Gasteiger partial charge in [-0.3, -0.25) is 4.98 Å². The first-order valence-corrected chi connectivity index (χ1v) is 10.6. The third kappa shape index (κ3) is 4.59. The van der Waals surface area contributed by atoms with Crippen LogP contribution in [0.4, 0.5) is 23.1 Å². The average Bonchev–Trinajstić information content (AvgIpc) is 3.48. The van der Waals surface area contributed by atoms with E-state index in [4.69, 9.17) is 5.11 Å². The summed E-state index contributed by atoms with van der Waals surface area (Å²) in [5.41, 5.74) is 4.83. The van der Waals surface area contributed by atoms with Crippen LogP contribution in [-0.2, 0) is 0 Å². The van der Waals surface area contributed by atoms with Gasteiger partial charge in [-0.2, -0.15) is 0 Å². The zero-order valence-corrected chi connectivity index (χ0v) is 17.1. The summed E-state index contributed by atoms with van der Waals surface area (Å²) in [5, 5.41) is 20.2. The topological polar surface area (TPSA) is 111 Å². The molecule has 0 spiro atoms. The minimum Gasteiger partial charge on any atom is -0.396 e. The van der Waals surface area contributed by atoms with Gasteiger partial charge in [-0.25, -0.2) is 9.97 Å². The van der Waals surface area contributed by atoms with Crippen LogP contribution in [0.25, 0.3) is 22.2 Å². The minimum absolute atomic E-state index is 0.155. The molecule has 1 aliphatic rings. The molecule has 31 heavy (non-hydrogen) atoms. The molecule has 0 bridgehead atoms. The summed E-state index contributed by atoms with van der Waals surface area (Å²) in [4.78, 5) is 16.7. The number of H-pyrrole nitrogens is 1. The number of nitrogens with one attached hydrogen (secondary N) is 4. The fourth-order valence-corrected chi connectivity index (χ4v) is 3.44. The zero-order valence-electron chi connectivity index (χ0n) is 17.1. The monoisotopic (exact) mass is 415 g/mol. The number of aromatic amines is 1. The molecular formula is C23H25N7O. The Morgan fingerprint density at radius 2 is 2.00 bits per heavy atom. The maximum absolute atomic E-state index is 8.94. The van der Waals surface area contributed by atoms with Gasteiger partial charge in [0.05, 0.1) is 17.4 Å². The molecule has 158 valence electrons. The van der Waals surface area contributed by atoms with Crippen LogP contribution in [-0.4, -0.2) is 44.2 Å². The standard InChI is InChI=1S/C23H25N7O/c31-10-2-9-25-23-27-14-21(30-23)18-13-26-22(12-20(18)28-16-4-5-16)29-17-6-7-19-15(11-17)3-1-8-24-19/h1,3,6-8,11-14,16,31H,2,4-5,9-10H2,(H2,25,27,30)(H2,26,28,29). The highest BCUT2D eigenvalue weighted by atomic mass is 16.3. The van der Waals surface area contributed by atoms with Gasteiger partial charge in [0.15, 0.2) is 0 Å². The lowest BCUT2D eigenvalue weighted by molar-refractivity contribution is 0.292. The number of aliphatic hydroxyl groups excluding tert-OH is 1. The van der Waals surface area contributed by atoms with Crippen LogP contribution in [0.15, 0.2) is 55.0 Å². The number of benzene rings is 1. The molecule has 8 heteroatoms. The fraction of sp³-hybridized carbons (Fsp3) is 0.261. The molecule has 5 rings (SSSR count). The van der Waals surface area contributed by atoms with E-state index in [2.05, 4.69) is 48.0 Å². The number of nitrogens with zero attached hydrogens (tertiary/aromatic N) is 3. The Balaban J connectivity index is 1.39. The zero-order chi connectivity index (χ0) is 21.0. The van der Waals surface area contributed by atoms with Gasteiger partial charge in [-0.05, 0) is 43.5 Å². The second-order valence-electron chi connectivity index (χ2n) is 7.72. The third-order valence-electron chi connectivity index (χ3n) is 5.21. The number of aliphatic hydroxyl groups is 1. The average molecular weight is 416 g/mol. The highest BCUT2D eigenvalue weighted by molar-refractivity contribution is 5.84. The first-order valence-electron chi connectivity index (χ1n) is 10.6. The molecule has 3 heterocycles. The molecule has 1 aromatic carbocycles. The van der Waals surface area contributed by atoms with Crippen molar-refractivity contribution in [2.75, 3.05) is 29.1 Å². The molecule has 1 fully saturated rings. The molecule has 0 saturated heterocycles. The normalized spacial score (nSPS) is 13.3. The van der Waals surface area contributed by atoms with Gasteiger partial charge < -0.3 is 26.0 Å². The summed E-state index contributed by atoms with van der Waals surface area (Å²) in [6, 6.07) is 12.6. The lowest BCUT2D eigenvalue weighted by atomic mass is 10.1. The van der Waals surface area contributed by atoms with Crippen molar-refractivity contribution in [2.24, 2.45) is 0 Å². The molecule has 1 aliphatic carbocycles. The summed E-state index contributed by atoms with van der Waals surface area (Å²) >= 11 is 0. The summed E-state index contributed by atoms with van der Waals surface area (Å²) in [5.74, 6) is 1.46. The van der Waals surface area contributed by atoms with E-state index in [9.17, 15) is 0 Å². The van der Waals surface area contributed by atoms with E-state index in [1.807, 2.05) is 30.5 Å². The Bertz CT molecular complexity index is 1190. The lowest BCUT2D eigenvalue weighted by Gasteiger charge is -2.13. The van der Waals surface area contributed by atoms with Crippen LogP contribution in [0.5, 0.6) is 0 Å². The van der Waals surface area contributed by atoms with Crippen LogP contribution in [0, 0.1) is 0 Å². The maximum atomic E-state index is 8.94. The molecule has 5 N–H and O–H groups in total. The highest BCUT2D eigenvalue weighted by Gasteiger charge is 2.23. The van der Waals surface area contributed by atoms with Crippen molar-refractivity contribution < 1.29 is 5.11 Å². The van der Waals surface area contributed by atoms with Crippen LogP contribution < -0.4 is 16.0 Å². The van der Waals surface area contributed by atoms with E-state index < -0.39 is 0 Å². The van der Waals surface area contributed by atoms with Gasteiger partial charge in [0, 0.05) is 60.0 Å². The Morgan fingerprint density at radius 1 is 1.06 bits per heavy atom. The van der Waals surface area contributed by atoms with E-state index in [1.165, 1.54) is 12.8 Å². The van der Waals surface area contributed by atoms with Gasteiger partial charge in [-0.1, -0.05) is 6.07 Å². The summed E-state index contributed by atoms with van der Waals surface area (Å²) < 4.78 is 0. The molecule has 4 aromatic rings. The molecule has 8 nitrogen and oxygen atoms in total. The van der Waals surface area contributed by atoms with Crippen molar-refractivity contribution in [1.29, 1.82) is 0 Å². The van der Waals surface area contributed by atoms with Crippen LogP contribution in [0.1, 0.15) is 19.3 Å². The quantitative estimate of drug-likeness (QED) is 0.261. The Hall–Kier alpha value is -3.65. The van der Waals surface area contributed by atoms with E-state index in [-0.39, 0.29) is 6.61 Å². The van der Waals surface area contributed by atoms with E-state index >= 15 is 0 Å². The van der Waals surface area contributed by atoms with E-state index in [0.717, 1.165) is 39.4 Å². The summed E-state index contributed by atoms with van der Waals surface area (Å²) in [7, 11) is 0. The Kier molecular flexibility index (Phi) is 5.37. The number of anilines is 4. The highest BCUT2D eigenvalue weighted by Crippen LogP contribution is 2.34. The minimum atomic E-state index is 0.155. The largest absolute Gasteiger partial charge is 0.396 e. The molecule has 1 saturated carbocycles. The third-order valence-corrected chi connectivity index (χ3v) is 5.21. The lowest BCUT2D eigenvalue weighted by Crippen LogP contribution is -2.05. The predicted octanol–water partition coefficient (Wildman–Crippen LogP) is 4.13. The number of imidazole rings is 1. The van der Waals surface area contributed by atoms with Crippen LogP contribution in [0.3, 0.4) is 0 Å². The van der Waals surface area contributed by atoms with Gasteiger partial charge >= 0.3 is 0 Å². The second kappa shape index (κ2) is 8.61. The first-order chi connectivity index (χ1) is 15.3. The van der Waals surface area contributed by atoms with Crippen LogP contribution >= 0.6 is 0 Å². The SMILES string of the molecule is OCCCNc1ncc(-c2cnc(Nc3ccc4ncccc4c3)cc2NC2CC2)[nH]1. The predicted molar refractivity (Wildman–Crippen MR) is 124 cm³/mol. The van der Waals surface area contributed by atoms with Crippen molar-refractivity contribution >= 4 is 34.0 Å². The van der Waals surface area contributed by atoms with Gasteiger partial charge in [0.25, 0.3) is 0 Å². The van der Waals surface area contributed by atoms with Crippen molar-refractivity contribution in [3.63, 3.8) is 0 Å². The molecule has 0 radical (unpaired) electrons. The fourth-order valence-electron chi connectivity index (χ4n) is 3.44. The van der Waals surface area contributed by atoms with Gasteiger partial charge in [-0.15, -0.1) is 0 Å². The molecule has 0 amide bonds. The van der Waals surface area contributed by atoms with Crippen molar-refractivity contribution in [1.82, 2.24) is 19.9 Å². The number of aromatic nitrogens is 4. The van der Waals surface area contributed by atoms with Gasteiger partial charge in [0.2, 0.25) is 5.95 Å². The smallest absolute Gasteiger partial charge is 0.200 e. The molecule has 0 aliphatic heterocycles. The van der Waals surface area contributed by atoms with Gasteiger partial charge in [0.1, 0.15) is 5.82 Å². The first kappa shape index (κ1) is 19.3. The molecule has 0 atom stereocenters. The number of fused-ring (bicyclic) bond motifs is 1. The second-order valence-corrected chi connectivity index (χ2v) is 7.72. The Labute approximate surface area is 180 Å². The maximum Gasteiger partial charge on any atom is 0.200 e. The van der Waals surface area contributed by atoms with Crippen LogP contribution in [0.2, 0.25) is 0 Å². The number of hydrogen-bond donors (Lipinski definition) is 5. The summed E-state index contributed by atoms with van der Waals surface area (Å²) in [6.07, 6.45) is 8.50. The van der Waals surface area contributed by atoms with E-state index in [0.29, 0.717) is 25.0 Å². The van der Waals surface area contributed by atoms with Crippen molar-refractivity contribution in [3.05, 3.63) is 55.0 Å². The number of hydrogen-bond acceptors (Lipinski definition) is 7. The number of rotatable bonds is 9. The van der Waals surface area contributed by atoms with E-state index in [1.54, 1.807) is 12.4 Å². The molecular weight excluding hydrogens is 390 g/mol. The Morgan fingerprint density at radius 3 is 2.87 bits per heavy atom. The molecule has 0 unspecified atom stereocenters. The summed E-state index contributed by atoms with van der Waals surface area (Å²) in [6.45, 7) is 0.821. The number of pyridine rings is 2. The van der Waals surface area contributed by atoms with Crippen molar-refractivity contribution in [2.45, 2.75) is 25.3 Å².